The highest BCUT2D eigenvalue weighted by Crippen LogP contribution is 2.33. The molecular formula is C24H23ClN2O5S. The third kappa shape index (κ3) is 5.23. The number of ether oxygens (including phenoxy) is 2. The summed E-state index contributed by atoms with van der Waals surface area (Å²) in [4.78, 5) is 12.9. The zero-order valence-corrected chi connectivity index (χ0v) is 19.7. The van der Waals surface area contributed by atoms with Crippen molar-refractivity contribution in [1.29, 1.82) is 0 Å². The molecule has 0 aromatic heterocycles. The lowest BCUT2D eigenvalue weighted by atomic mass is 10.1. The summed E-state index contributed by atoms with van der Waals surface area (Å²) < 4.78 is 38.8. The largest absolute Gasteiger partial charge is 0.486 e. The van der Waals surface area contributed by atoms with Crippen molar-refractivity contribution in [2.24, 2.45) is 0 Å². The molecule has 0 radical (unpaired) electrons. The van der Waals surface area contributed by atoms with E-state index in [-0.39, 0.29) is 33.1 Å². The fourth-order valence-electron chi connectivity index (χ4n) is 3.38. The summed E-state index contributed by atoms with van der Waals surface area (Å²) in [6, 6.07) is 16.1. The molecule has 172 valence electrons. The van der Waals surface area contributed by atoms with Gasteiger partial charge in [0.1, 0.15) is 13.2 Å². The van der Waals surface area contributed by atoms with E-state index in [1.54, 1.807) is 12.1 Å². The maximum Gasteiger partial charge on any atom is 0.261 e. The van der Waals surface area contributed by atoms with Gasteiger partial charge in [-0.25, -0.2) is 8.42 Å². The van der Waals surface area contributed by atoms with Crippen LogP contribution < -0.4 is 19.5 Å². The Labute approximate surface area is 197 Å². The first-order valence-electron chi connectivity index (χ1n) is 10.3. The number of benzene rings is 3. The van der Waals surface area contributed by atoms with Crippen LogP contribution >= 0.6 is 11.6 Å². The van der Waals surface area contributed by atoms with Gasteiger partial charge in [-0.1, -0.05) is 35.4 Å². The first-order chi connectivity index (χ1) is 15.7. The number of amides is 1. The number of carbonyl (C=O) groups is 1. The summed E-state index contributed by atoms with van der Waals surface area (Å²) in [6.45, 7) is 4.71. The van der Waals surface area contributed by atoms with Gasteiger partial charge >= 0.3 is 0 Å². The van der Waals surface area contributed by atoms with E-state index in [4.69, 9.17) is 21.1 Å². The van der Waals surface area contributed by atoms with Crippen LogP contribution in [0.15, 0.2) is 65.6 Å². The van der Waals surface area contributed by atoms with Gasteiger partial charge in [0.15, 0.2) is 11.5 Å². The predicted molar refractivity (Wildman–Crippen MR) is 127 cm³/mol. The van der Waals surface area contributed by atoms with Gasteiger partial charge in [0.25, 0.3) is 15.9 Å². The smallest absolute Gasteiger partial charge is 0.261 e. The number of sulfonamides is 1. The molecule has 1 atom stereocenters. The Kier molecular flexibility index (Phi) is 6.49. The predicted octanol–water partition coefficient (Wildman–Crippen LogP) is 4.71. The maximum atomic E-state index is 12.8. The lowest BCUT2D eigenvalue weighted by molar-refractivity contribution is 0.0940. The molecule has 0 aliphatic carbocycles. The van der Waals surface area contributed by atoms with Crippen LogP contribution in [0.4, 0.5) is 5.69 Å². The van der Waals surface area contributed by atoms with E-state index in [1.165, 1.54) is 30.3 Å². The molecule has 0 saturated carbocycles. The molecule has 1 heterocycles. The first-order valence-corrected chi connectivity index (χ1v) is 12.2. The van der Waals surface area contributed by atoms with Gasteiger partial charge in [0.2, 0.25) is 0 Å². The van der Waals surface area contributed by atoms with Gasteiger partial charge in [-0.2, -0.15) is 0 Å². The van der Waals surface area contributed by atoms with Crippen molar-refractivity contribution in [3.05, 3.63) is 82.4 Å². The third-order valence-corrected chi connectivity index (χ3v) is 6.92. The molecule has 33 heavy (non-hydrogen) atoms. The summed E-state index contributed by atoms with van der Waals surface area (Å²) in [5.41, 5.74) is 2.31. The molecule has 9 heteroatoms. The van der Waals surface area contributed by atoms with Crippen molar-refractivity contribution in [3.8, 4) is 11.5 Å². The van der Waals surface area contributed by atoms with Crippen molar-refractivity contribution in [3.63, 3.8) is 0 Å². The highest BCUT2D eigenvalue weighted by molar-refractivity contribution is 7.92. The Hall–Kier alpha value is -3.23. The molecule has 0 bridgehead atoms. The second-order valence-electron chi connectivity index (χ2n) is 7.71. The molecular weight excluding hydrogens is 464 g/mol. The summed E-state index contributed by atoms with van der Waals surface area (Å²) in [7, 11) is -3.77. The van der Waals surface area contributed by atoms with Crippen molar-refractivity contribution in [2.45, 2.75) is 24.8 Å². The van der Waals surface area contributed by atoms with E-state index >= 15 is 0 Å². The number of fused-ring (bicyclic) bond motifs is 1. The monoisotopic (exact) mass is 486 g/mol. The normalized spacial score (nSPS) is 13.8. The Morgan fingerprint density at radius 1 is 0.970 bits per heavy atom. The highest BCUT2D eigenvalue weighted by Gasteiger charge is 2.19. The van der Waals surface area contributed by atoms with E-state index in [0.717, 1.165) is 11.1 Å². The molecule has 4 rings (SSSR count). The minimum Gasteiger partial charge on any atom is -0.486 e. The molecule has 3 aromatic rings. The standard InChI is InChI=1S/C24H23ClN2O5S/c1-15-3-7-19(8-4-15)33(29,30)27-18-6-9-20(21(25)14-18)24(28)26-16(2)17-5-10-22-23(13-17)32-12-11-31-22/h3-10,13-14,16,27H,11-12H2,1-2H3,(H,26,28)/t16-/m1/s1. The van der Waals surface area contributed by atoms with Crippen LogP contribution in [-0.4, -0.2) is 27.5 Å². The van der Waals surface area contributed by atoms with Gasteiger partial charge in [-0.15, -0.1) is 0 Å². The highest BCUT2D eigenvalue weighted by atomic mass is 35.5. The Bertz CT molecular complexity index is 1290. The minimum absolute atomic E-state index is 0.131. The van der Waals surface area contributed by atoms with Crippen LogP contribution in [0.3, 0.4) is 0 Å². The second kappa shape index (κ2) is 9.33. The number of carbonyl (C=O) groups excluding carboxylic acids is 1. The lowest BCUT2D eigenvalue weighted by Crippen LogP contribution is -2.27. The van der Waals surface area contributed by atoms with Crippen molar-refractivity contribution in [2.75, 3.05) is 17.9 Å². The summed E-state index contributed by atoms with van der Waals surface area (Å²) in [5, 5.41) is 3.03. The van der Waals surface area contributed by atoms with Crippen LogP contribution in [0.1, 0.15) is 34.5 Å². The SMILES string of the molecule is Cc1ccc(S(=O)(=O)Nc2ccc(C(=O)N[C@H](C)c3ccc4c(c3)OCCO4)c(Cl)c2)cc1. The first kappa shape index (κ1) is 22.9. The number of nitrogens with one attached hydrogen (secondary N) is 2. The average molecular weight is 487 g/mol. The summed E-state index contributed by atoms with van der Waals surface area (Å²) in [5.74, 6) is 0.939. The van der Waals surface area contributed by atoms with Gasteiger partial charge in [0.05, 0.1) is 27.2 Å². The minimum atomic E-state index is -3.77. The molecule has 1 amide bonds. The second-order valence-corrected chi connectivity index (χ2v) is 9.80. The molecule has 0 fully saturated rings. The van der Waals surface area contributed by atoms with Crippen molar-refractivity contribution in [1.82, 2.24) is 5.32 Å². The van der Waals surface area contributed by atoms with Gasteiger partial charge in [-0.3, -0.25) is 9.52 Å². The molecule has 7 nitrogen and oxygen atoms in total. The fraction of sp³-hybridized carbons (Fsp3) is 0.208. The van der Waals surface area contributed by atoms with Crippen molar-refractivity contribution < 1.29 is 22.7 Å². The number of halogens is 1. The Morgan fingerprint density at radius 2 is 1.67 bits per heavy atom. The molecule has 0 unspecified atom stereocenters. The van der Waals surface area contributed by atoms with E-state index in [0.29, 0.717) is 24.7 Å². The molecule has 3 aromatic carbocycles. The number of hydrogen-bond acceptors (Lipinski definition) is 5. The molecule has 1 aliphatic heterocycles. The van der Waals surface area contributed by atoms with Gasteiger partial charge in [-0.05, 0) is 61.9 Å². The van der Waals surface area contributed by atoms with Crippen molar-refractivity contribution >= 4 is 33.2 Å². The fourth-order valence-corrected chi connectivity index (χ4v) is 4.70. The van der Waals surface area contributed by atoms with E-state index in [2.05, 4.69) is 10.0 Å². The molecule has 0 spiro atoms. The maximum absolute atomic E-state index is 12.8. The zero-order valence-electron chi connectivity index (χ0n) is 18.1. The summed E-state index contributed by atoms with van der Waals surface area (Å²) in [6.07, 6.45) is 0. The lowest BCUT2D eigenvalue weighted by Gasteiger charge is -2.21. The molecule has 2 N–H and O–H groups in total. The topological polar surface area (TPSA) is 93.7 Å². The Morgan fingerprint density at radius 3 is 2.36 bits per heavy atom. The van der Waals surface area contributed by atoms with Gasteiger partial charge in [0, 0.05) is 0 Å². The molecule has 1 aliphatic rings. The average Bonchev–Trinajstić information content (AvgIpc) is 2.78. The van der Waals surface area contributed by atoms with Crippen LogP contribution in [-0.2, 0) is 10.0 Å². The summed E-state index contributed by atoms with van der Waals surface area (Å²) >= 11 is 6.31. The van der Waals surface area contributed by atoms with Crippen LogP contribution in [0.2, 0.25) is 5.02 Å². The third-order valence-electron chi connectivity index (χ3n) is 5.21. The van der Waals surface area contributed by atoms with E-state index in [9.17, 15) is 13.2 Å². The van der Waals surface area contributed by atoms with Crippen LogP contribution in [0.5, 0.6) is 11.5 Å². The quantitative estimate of drug-likeness (QED) is 0.526. The van der Waals surface area contributed by atoms with Gasteiger partial charge < -0.3 is 14.8 Å². The zero-order chi connectivity index (χ0) is 23.6. The number of rotatable bonds is 6. The van der Waals surface area contributed by atoms with Crippen LogP contribution in [0, 0.1) is 6.92 Å². The van der Waals surface area contributed by atoms with Crippen LogP contribution in [0.25, 0.3) is 0 Å². The van der Waals surface area contributed by atoms with E-state index < -0.39 is 10.0 Å². The number of hydrogen-bond donors (Lipinski definition) is 2. The molecule has 0 saturated heterocycles. The van der Waals surface area contributed by atoms with E-state index in [1.807, 2.05) is 32.0 Å². The number of anilines is 1. The Balaban J connectivity index is 1.46. The number of aryl methyl sites for hydroxylation is 1.